The van der Waals surface area contributed by atoms with Crippen molar-refractivity contribution in [3.63, 3.8) is 0 Å². The van der Waals surface area contributed by atoms with E-state index in [-0.39, 0.29) is 31.1 Å². The molecule has 152 valence electrons. The SMILES string of the molecule is O=C(CN1C(=O)COc2ccc([N+](=O)[O-])cc21)NCc1nc(-c2ccncc2)cs1. The molecule has 1 aliphatic heterocycles. The summed E-state index contributed by atoms with van der Waals surface area (Å²) in [6.45, 7) is -0.312. The second-order valence-electron chi connectivity index (χ2n) is 6.32. The predicted octanol–water partition coefficient (Wildman–Crippen LogP) is 2.16. The minimum absolute atomic E-state index is 0.191. The number of ether oxygens (including phenoxy) is 1. The van der Waals surface area contributed by atoms with Crippen molar-refractivity contribution >= 4 is 34.5 Å². The van der Waals surface area contributed by atoms with Gasteiger partial charge in [-0.15, -0.1) is 11.3 Å². The van der Waals surface area contributed by atoms with Gasteiger partial charge in [-0.2, -0.15) is 0 Å². The number of hydrogen-bond donors (Lipinski definition) is 1. The zero-order valence-electron chi connectivity index (χ0n) is 15.5. The van der Waals surface area contributed by atoms with E-state index in [0.717, 1.165) is 11.3 Å². The highest BCUT2D eigenvalue weighted by atomic mass is 32.1. The van der Waals surface area contributed by atoms with Gasteiger partial charge >= 0.3 is 0 Å². The normalized spacial score (nSPS) is 12.8. The Hall–Kier alpha value is -3.86. The largest absolute Gasteiger partial charge is 0.482 e. The Morgan fingerprint density at radius 3 is 2.87 bits per heavy atom. The van der Waals surface area contributed by atoms with Gasteiger partial charge in [-0.05, 0) is 18.2 Å². The second-order valence-corrected chi connectivity index (χ2v) is 7.26. The fourth-order valence-electron chi connectivity index (χ4n) is 2.90. The van der Waals surface area contributed by atoms with Crippen LogP contribution < -0.4 is 15.0 Å². The lowest BCUT2D eigenvalue weighted by Gasteiger charge is -2.28. The van der Waals surface area contributed by atoms with Crippen molar-refractivity contribution in [3.8, 4) is 17.0 Å². The summed E-state index contributed by atoms with van der Waals surface area (Å²) in [5.74, 6) is -0.550. The number of thiazole rings is 1. The first kappa shape index (κ1) is 19.5. The molecule has 3 aromatic rings. The highest BCUT2D eigenvalue weighted by Gasteiger charge is 2.29. The topological polar surface area (TPSA) is 128 Å². The number of nitro benzene ring substituents is 1. The van der Waals surface area contributed by atoms with Crippen molar-refractivity contribution in [3.05, 3.63) is 63.2 Å². The number of nitrogens with one attached hydrogen (secondary N) is 1. The van der Waals surface area contributed by atoms with Crippen molar-refractivity contribution in [2.24, 2.45) is 0 Å². The van der Waals surface area contributed by atoms with Gasteiger partial charge in [0.1, 0.15) is 17.3 Å². The molecule has 0 spiro atoms. The molecule has 11 heteroatoms. The summed E-state index contributed by atoms with van der Waals surface area (Å²) >= 11 is 1.40. The number of nitrogens with zero attached hydrogens (tertiary/aromatic N) is 4. The monoisotopic (exact) mass is 425 g/mol. The zero-order valence-corrected chi connectivity index (χ0v) is 16.3. The number of amides is 2. The summed E-state index contributed by atoms with van der Waals surface area (Å²) < 4.78 is 5.30. The summed E-state index contributed by atoms with van der Waals surface area (Å²) in [7, 11) is 0. The van der Waals surface area contributed by atoms with Gasteiger partial charge in [0.25, 0.3) is 11.6 Å². The van der Waals surface area contributed by atoms with Gasteiger partial charge in [0, 0.05) is 35.5 Å². The standard InChI is InChI=1S/C19H15N5O5S/c25-17(21-8-18-22-14(11-30-18)12-3-5-20-6-4-12)9-23-15-7-13(24(27)28)1-2-16(15)29-10-19(23)26/h1-7,11H,8-10H2,(H,21,25). The number of hydrogen-bond acceptors (Lipinski definition) is 8. The van der Waals surface area contributed by atoms with Crippen LogP contribution in [-0.2, 0) is 16.1 Å². The summed E-state index contributed by atoms with van der Waals surface area (Å²) in [6.07, 6.45) is 3.36. The van der Waals surface area contributed by atoms with Crippen molar-refractivity contribution in [1.29, 1.82) is 0 Å². The Kier molecular flexibility index (Phi) is 5.35. The first-order valence-corrected chi connectivity index (χ1v) is 9.72. The van der Waals surface area contributed by atoms with Crippen LogP contribution in [0.4, 0.5) is 11.4 Å². The van der Waals surface area contributed by atoms with E-state index in [4.69, 9.17) is 4.74 Å². The summed E-state index contributed by atoms with van der Waals surface area (Å²) in [5.41, 5.74) is 1.72. The maximum Gasteiger partial charge on any atom is 0.271 e. The van der Waals surface area contributed by atoms with Crippen LogP contribution in [0.25, 0.3) is 11.3 Å². The van der Waals surface area contributed by atoms with E-state index in [1.54, 1.807) is 12.4 Å². The Morgan fingerprint density at radius 1 is 1.30 bits per heavy atom. The quantitative estimate of drug-likeness (QED) is 0.473. The van der Waals surface area contributed by atoms with Crippen LogP contribution in [0.2, 0.25) is 0 Å². The molecule has 0 atom stereocenters. The highest BCUT2D eigenvalue weighted by Crippen LogP contribution is 2.35. The lowest BCUT2D eigenvalue weighted by molar-refractivity contribution is -0.384. The number of pyridine rings is 1. The smallest absolute Gasteiger partial charge is 0.271 e. The molecule has 2 aromatic heterocycles. The Balaban J connectivity index is 1.42. The zero-order chi connectivity index (χ0) is 21.1. The molecule has 0 saturated heterocycles. The first-order chi connectivity index (χ1) is 14.5. The molecular weight excluding hydrogens is 410 g/mol. The number of nitro groups is 1. The number of non-ortho nitro benzene ring substituents is 1. The second kappa shape index (κ2) is 8.25. The summed E-state index contributed by atoms with van der Waals surface area (Å²) in [5, 5.41) is 16.4. The molecule has 0 unspecified atom stereocenters. The van der Waals surface area contributed by atoms with Crippen molar-refractivity contribution in [2.45, 2.75) is 6.54 Å². The number of rotatable bonds is 6. The Labute approximate surface area is 174 Å². The van der Waals surface area contributed by atoms with E-state index >= 15 is 0 Å². The minimum atomic E-state index is -0.569. The molecule has 2 amide bonds. The molecule has 0 radical (unpaired) electrons. The Bertz CT molecular complexity index is 1120. The van der Waals surface area contributed by atoms with Gasteiger partial charge in [-0.1, -0.05) is 0 Å². The van der Waals surface area contributed by atoms with E-state index in [1.807, 2.05) is 17.5 Å². The summed E-state index contributed by atoms with van der Waals surface area (Å²) in [6, 6.07) is 7.62. The van der Waals surface area contributed by atoms with Crippen LogP contribution in [0.1, 0.15) is 5.01 Å². The van der Waals surface area contributed by atoms with E-state index < -0.39 is 16.7 Å². The molecular formula is C19H15N5O5S. The number of anilines is 1. The van der Waals surface area contributed by atoms with Crippen LogP contribution in [0.3, 0.4) is 0 Å². The molecule has 3 heterocycles. The lowest BCUT2D eigenvalue weighted by Crippen LogP contribution is -2.45. The van der Waals surface area contributed by atoms with Crippen LogP contribution >= 0.6 is 11.3 Å². The molecule has 1 aromatic carbocycles. The molecule has 4 rings (SSSR count). The van der Waals surface area contributed by atoms with E-state index in [0.29, 0.717) is 10.8 Å². The molecule has 0 aliphatic carbocycles. The van der Waals surface area contributed by atoms with E-state index in [1.165, 1.54) is 34.4 Å². The van der Waals surface area contributed by atoms with Crippen LogP contribution in [0, 0.1) is 10.1 Å². The highest BCUT2D eigenvalue weighted by molar-refractivity contribution is 7.09. The molecule has 0 fully saturated rings. The third-order valence-corrected chi connectivity index (χ3v) is 5.21. The van der Waals surface area contributed by atoms with E-state index in [2.05, 4.69) is 15.3 Å². The third-order valence-electron chi connectivity index (χ3n) is 4.36. The van der Waals surface area contributed by atoms with Crippen LogP contribution in [0.15, 0.2) is 48.1 Å². The molecule has 30 heavy (non-hydrogen) atoms. The van der Waals surface area contributed by atoms with Gasteiger partial charge in [0.15, 0.2) is 6.61 Å². The van der Waals surface area contributed by atoms with Crippen LogP contribution in [-0.4, -0.2) is 39.9 Å². The number of aromatic nitrogens is 2. The lowest BCUT2D eigenvalue weighted by atomic mass is 10.2. The first-order valence-electron chi connectivity index (χ1n) is 8.84. The maximum atomic E-state index is 12.4. The van der Waals surface area contributed by atoms with Crippen molar-refractivity contribution < 1.29 is 19.2 Å². The molecule has 1 N–H and O–H groups in total. The third kappa shape index (κ3) is 4.10. The number of benzene rings is 1. The van der Waals surface area contributed by atoms with Gasteiger partial charge in [-0.3, -0.25) is 29.6 Å². The fraction of sp³-hybridized carbons (Fsp3) is 0.158. The Morgan fingerprint density at radius 2 is 2.10 bits per heavy atom. The summed E-state index contributed by atoms with van der Waals surface area (Å²) in [4.78, 5) is 44.8. The fourth-order valence-corrected chi connectivity index (χ4v) is 3.64. The minimum Gasteiger partial charge on any atom is -0.482 e. The molecule has 0 bridgehead atoms. The van der Waals surface area contributed by atoms with Crippen molar-refractivity contribution in [1.82, 2.24) is 15.3 Å². The predicted molar refractivity (Wildman–Crippen MR) is 108 cm³/mol. The number of carbonyl (C=O) groups excluding carboxylic acids is 2. The molecule has 0 saturated carbocycles. The number of fused-ring (bicyclic) bond motifs is 1. The van der Waals surface area contributed by atoms with E-state index in [9.17, 15) is 19.7 Å². The van der Waals surface area contributed by atoms with Gasteiger partial charge in [0.2, 0.25) is 5.91 Å². The molecule has 10 nitrogen and oxygen atoms in total. The van der Waals surface area contributed by atoms with Gasteiger partial charge in [0.05, 0.1) is 22.8 Å². The van der Waals surface area contributed by atoms with Gasteiger partial charge < -0.3 is 10.1 Å². The molecule has 1 aliphatic rings. The van der Waals surface area contributed by atoms with Gasteiger partial charge in [-0.25, -0.2) is 4.98 Å². The maximum absolute atomic E-state index is 12.4. The number of carbonyl (C=O) groups is 2. The van der Waals surface area contributed by atoms with Crippen molar-refractivity contribution in [2.75, 3.05) is 18.1 Å². The van der Waals surface area contributed by atoms with Crippen LogP contribution in [0.5, 0.6) is 5.75 Å². The average molecular weight is 425 g/mol. The average Bonchev–Trinajstić information content (AvgIpc) is 3.24.